The van der Waals surface area contributed by atoms with E-state index in [-0.39, 0.29) is 23.9 Å². The lowest BCUT2D eigenvalue weighted by atomic mass is 9.87. The molecule has 0 aromatic heterocycles. The molecule has 5 heteroatoms. The second-order valence-electron chi connectivity index (χ2n) is 6.04. The molecule has 21 heavy (non-hydrogen) atoms. The third-order valence-electron chi connectivity index (χ3n) is 4.79. The molecule has 3 atom stereocenters. The fourth-order valence-electron chi connectivity index (χ4n) is 3.41. The number of likely N-dealkylation sites (tertiary alicyclic amines) is 1. The van der Waals surface area contributed by atoms with E-state index in [1.165, 1.54) is 5.56 Å². The van der Waals surface area contributed by atoms with E-state index in [0.29, 0.717) is 0 Å². The van der Waals surface area contributed by atoms with E-state index >= 15 is 0 Å². The molecule has 2 amide bonds. The maximum Gasteiger partial charge on any atom is 0.248 e. The topological polar surface area (TPSA) is 61.4 Å². The first-order valence-electron chi connectivity index (χ1n) is 7.44. The van der Waals surface area contributed by atoms with Crippen LogP contribution in [0, 0.1) is 0 Å². The van der Waals surface area contributed by atoms with Crippen LogP contribution in [0.1, 0.15) is 25.8 Å². The Kier molecular flexibility index (Phi) is 3.55. The van der Waals surface area contributed by atoms with Gasteiger partial charge in [-0.25, -0.2) is 0 Å². The van der Waals surface area contributed by atoms with Crippen molar-refractivity contribution in [3.63, 3.8) is 0 Å². The monoisotopic (exact) mass is 287 g/mol. The summed E-state index contributed by atoms with van der Waals surface area (Å²) in [7, 11) is 0. The molecule has 1 aromatic rings. The molecule has 112 valence electrons. The van der Waals surface area contributed by atoms with Gasteiger partial charge in [-0.05, 0) is 25.8 Å². The molecule has 2 N–H and O–H groups in total. The van der Waals surface area contributed by atoms with Gasteiger partial charge in [-0.15, -0.1) is 0 Å². The predicted molar refractivity (Wildman–Crippen MR) is 79.4 cm³/mol. The van der Waals surface area contributed by atoms with Gasteiger partial charge in [0.1, 0.15) is 5.54 Å². The number of rotatable bonds is 2. The van der Waals surface area contributed by atoms with E-state index in [9.17, 15) is 9.59 Å². The van der Waals surface area contributed by atoms with Crippen LogP contribution in [0.2, 0.25) is 0 Å². The van der Waals surface area contributed by atoms with Gasteiger partial charge in [-0.2, -0.15) is 0 Å². The molecule has 1 spiro atoms. The summed E-state index contributed by atoms with van der Waals surface area (Å²) in [4.78, 5) is 26.3. The maximum absolute atomic E-state index is 12.4. The van der Waals surface area contributed by atoms with Crippen LogP contribution in [0.5, 0.6) is 0 Å². The zero-order valence-electron chi connectivity index (χ0n) is 12.4. The van der Waals surface area contributed by atoms with Gasteiger partial charge < -0.3 is 0 Å². The van der Waals surface area contributed by atoms with Crippen molar-refractivity contribution in [1.29, 1.82) is 0 Å². The zero-order chi connectivity index (χ0) is 15.0. The van der Waals surface area contributed by atoms with E-state index in [4.69, 9.17) is 0 Å². The van der Waals surface area contributed by atoms with Crippen LogP contribution in [0.4, 0.5) is 0 Å². The minimum absolute atomic E-state index is 0.0493. The summed E-state index contributed by atoms with van der Waals surface area (Å²) in [6.45, 7) is 5.53. The Morgan fingerprint density at radius 2 is 1.95 bits per heavy atom. The number of nitrogens with one attached hydrogen (secondary N) is 2. The number of hydrogen-bond acceptors (Lipinski definition) is 4. The molecule has 0 bridgehead atoms. The molecule has 0 aliphatic carbocycles. The average Bonchev–Trinajstić information content (AvgIpc) is 2.77. The zero-order valence-corrected chi connectivity index (χ0v) is 12.4. The lowest BCUT2D eigenvalue weighted by Gasteiger charge is -2.40. The molecule has 2 aliphatic rings. The summed E-state index contributed by atoms with van der Waals surface area (Å²) in [6, 6.07) is 9.96. The highest BCUT2D eigenvalue weighted by atomic mass is 16.2. The normalized spacial score (nSPS) is 33.4. The summed E-state index contributed by atoms with van der Waals surface area (Å²) in [6.07, 6.45) is 0.727. The van der Waals surface area contributed by atoms with Crippen LogP contribution >= 0.6 is 0 Å². The van der Waals surface area contributed by atoms with Gasteiger partial charge in [-0.1, -0.05) is 30.3 Å². The van der Waals surface area contributed by atoms with Crippen LogP contribution in [0.25, 0.3) is 0 Å². The Morgan fingerprint density at radius 1 is 1.24 bits per heavy atom. The highest BCUT2D eigenvalue weighted by molar-refractivity contribution is 6.05. The van der Waals surface area contributed by atoms with E-state index in [0.717, 1.165) is 19.5 Å². The van der Waals surface area contributed by atoms with Gasteiger partial charge in [0.05, 0.1) is 6.04 Å². The summed E-state index contributed by atoms with van der Waals surface area (Å²) in [5.41, 5.74) is 0.587. The van der Waals surface area contributed by atoms with E-state index in [1.54, 1.807) is 6.92 Å². The molecule has 3 rings (SSSR count). The SMILES string of the molecule is CC1NC2(CCN(Cc3ccccc3)C2C)C(=O)NC1=O. The minimum Gasteiger partial charge on any atom is -0.294 e. The Morgan fingerprint density at radius 3 is 2.67 bits per heavy atom. The van der Waals surface area contributed by atoms with Crippen molar-refractivity contribution in [1.82, 2.24) is 15.5 Å². The quantitative estimate of drug-likeness (QED) is 0.784. The number of piperazine rings is 1. The van der Waals surface area contributed by atoms with Crippen molar-refractivity contribution in [2.75, 3.05) is 6.54 Å². The van der Waals surface area contributed by atoms with Crippen molar-refractivity contribution in [2.45, 2.75) is 44.4 Å². The molecule has 0 saturated carbocycles. The third kappa shape index (κ3) is 2.36. The number of carbonyl (C=O) groups excluding carboxylic acids is 2. The molecule has 2 saturated heterocycles. The highest BCUT2D eigenvalue weighted by Gasteiger charge is 2.54. The summed E-state index contributed by atoms with van der Waals surface area (Å²) < 4.78 is 0. The Hall–Kier alpha value is -1.72. The van der Waals surface area contributed by atoms with Crippen LogP contribution in [-0.4, -0.2) is 40.9 Å². The number of carbonyl (C=O) groups is 2. The van der Waals surface area contributed by atoms with E-state index in [2.05, 4.69) is 34.6 Å². The fourth-order valence-corrected chi connectivity index (χ4v) is 3.41. The van der Waals surface area contributed by atoms with Crippen LogP contribution < -0.4 is 10.6 Å². The maximum atomic E-state index is 12.4. The summed E-state index contributed by atoms with van der Waals surface area (Å²) in [5, 5.41) is 5.76. The smallest absolute Gasteiger partial charge is 0.248 e. The Labute approximate surface area is 124 Å². The fraction of sp³-hybridized carbons (Fsp3) is 0.500. The number of benzene rings is 1. The molecule has 2 aliphatic heterocycles. The first kappa shape index (κ1) is 14.2. The van der Waals surface area contributed by atoms with Crippen LogP contribution in [-0.2, 0) is 16.1 Å². The Balaban J connectivity index is 1.78. The van der Waals surface area contributed by atoms with Gasteiger partial charge >= 0.3 is 0 Å². The third-order valence-corrected chi connectivity index (χ3v) is 4.79. The minimum atomic E-state index is -0.651. The second kappa shape index (κ2) is 5.24. The van der Waals surface area contributed by atoms with Gasteiger partial charge in [0.2, 0.25) is 11.8 Å². The standard InChI is InChI=1S/C16H21N3O2/c1-11-14(20)17-15(21)16(18-11)8-9-19(12(16)2)10-13-6-4-3-5-7-13/h3-7,11-12,18H,8-10H2,1-2H3,(H,17,20,21). The van der Waals surface area contributed by atoms with Crippen molar-refractivity contribution in [2.24, 2.45) is 0 Å². The van der Waals surface area contributed by atoms with Crippen LogP contribution in [0.15, 0.2) is 30.3 Å². The van der Waals surface area contributed by atoms with Crippen molar-refractivity contribution in [3.05, 3.63) is 35.9 Å². The first-order valence-corrected chi connectivity index (χ1v) is 7.44. The largest absolute Gasteiger partial charge is 0.294 e. The molecule has 2 fully saturated rings. The number of amides is 2. The lowest BCUT2D eigenvalue weighted by Crippen LogP contribution is -2.72. The van der Waals surface area contributed by atoms with Crippen molar-refractivity contribution < 1.29 is 9.59 Å². The molecule has 2 heterocycles. The molecule has 5 nitrogen and oxygen atoms in total. The Bertz CT molecular complexity index is 560. The van der Waals surface area contributed by atoms with Gasteiger partial charge in [0.15, 0.2) is 0 Å². The molecular weight excluding hydrogens is 266 g/mol. The van der Waals surface area contributed by atoms with Gasteiger partial charge in [0, 0.05) is 19.1 Å². The van der Waals surface area contributed by atoms with E-state index < -0.39 is 5.54 Å². The molecular formula is C16H21N3O2. The van der Waals surface area contributed by atoms with Gasteiger partial charge in [0.25, 0.3) is 0 Å². The van der Waals surface area contributed by atoms with Gasteiger partial charge in [-0.3, -0.25) is 25.1 Å². The highest BCUT2D eigenvalue weighted by Crippen LogP contribution is 2.32. The summed E-state index contributed by atoms with van der Waals surface area (Å²) in [5.74, 6) is -0.423. The summed E-state index contributed by atoms with van der Waals surface area (Å²) >= 11 is 0. The molecule has 3 unspecified atom stereocenters. The first-order chi connectivity index (χ1) is 10.0. The molecule has 1 aromatic carbocycles. The lowest BCUT2D eigenvalue weighted by molar-refractivity contribution is -0.141. The molecule has 0 radical (unpaired) electrons. The van der Waals surface area contributed by atoms with Crippen molar-refractivity contribution in [3.8, 4) is 0 Å². The van der Waals surface area contributed by atoms with E-state index in [1.807, 2.05) is 18.2 Å². The van der Waals surface area contributed by atoms with Crippen LogP contribution in [0.3, 0.4) is 0 Å². The number of hydrogen-bond donors (Lipinski definition) is 2. The predicted octanol–water partition coefficient (Wildman–Crippen LogP) is 0.654. The second-order valence-corrected chi connectivity index (χ2v) is 6.04. The van der Waals surface area contributed by atoms with Crippen molar-refractivity contribution >= 4 is 11.8 Å². The number of imide groups is 1. The number of nitrogens with zero attached hydrogens (tertiary/aromatic N) is 1. The average molecular weight is 287 g/mol.